The molecule has 1 aliphatic heterocycles. The van der Waals surface area contributed by atoms with Crippen molar-refractivity contribution < 1.29 is 24.5 Å². The second-order valence-electron chi connectivity index (χ2n) is 8.81. The number of aliphatic hydroxyl groups is 1. The Bertz CT molecular complexity index is 986. The van der Waals surface area contributed by atoms with Crippen LogP contribution in [0.4, 0.5) is 0 Å². The van der Waals surface area contributed by atoms with Gasteiger partial charge in [-0.2, -0.15) is 0 Å². The Morgan fingerprint density at radius 3 is 2.74 bits per heavy atom. The van der Waals surface area contributed by atoms with Gasteiger partial charge < -0.3 is 19.8 Å². The molecule has 1 saturated heterocycles. The summed E-state index contributed by atoms with van der Waals surface area (Å²) >= 11 is 0. The van der Waals surface area contributed by atoms with E-state index in [1.54, 1.807) is 13.2 Å². The van der Waals surface area contributed by atoms with Gasteiger partial charge in [0.05, 0.1) is 19.3 Å². The summed E-state index contributed by atoms with van der Waals surface area (Å²) in [4.78, 5) is 24.8. The molecule has 3 rings (SSSR count). The van der Waals surface area contributed by atoms with Crippen molar-refractivity contribution in [2.75, 3.05) is 13.7 Å². The highest BCUT2D eigenvalue weighted by atomic mass is 16.5. The molecule has 2 N–H and O–H groups in total. The maximum atomic E-state index is 12.3. The second-order valence-corrected chi connectivity index (χ2v) is 8.81. The maximum absolute atomic E-state index is 12.3. The molecule has 34 heavy (non-hydrogen) atoms. The van der Waals surface area contributed by atoms with Gasteiger partial charge in [-0.1, -0.05) is 67.5 Å². The first-order valence-electron chi connectivity index (χ1n) is 12.1. The van der Waals surface area contributed by atoms with Crippen LogP contribution in [0.1, 0.15) is 50.5 Å². The maximum Gasteiger partial charge on any atom is 0.303 e. The Kier molecular flexibility index (Phi) is 9.71. The minimum Gasteiger partial charge on any atom is -0.496 e. The van der Waals surface area contributed by atoms with Gasteiger partial charge in [0, 0.05) is 31.4 Å². The largest absolute Gasteiger partial charge is 0.496 e. The Morgan fingerprint density at radius 1 is 1.15 bits per heavy atom. The number of aliphatic hydroxyl groups excluding tert-OH is 1. The van der Waals surface area contributed by atoms with Crippen molar-refractivity contribution in [1.82, 2.24) is 4.90 Å². The molecule has 0 radical (unpaired) electrons. The number of para-hydroxylation sites is 1. The molecule has 0 spiro atoms. The lowest BCUT2D eigenvalue weighted by Crippen LogP contribution is -2.32. The van der Waals surface area contributed by atoms with Crippen LogP contribution in [-0.4, -0.2) is 52.8 Å². The van der Waals surface area contributed by atoms with E-state index in [2.05, 4.69) is 6.07 Å². The first-order chi connectivity index (χ1) is 16.5. The summed E-state index contributed by atoms with van der Waals surface area (Å²) in [5.74, 6) is 0.206. The molecule has 0 bridgehead atoms. The van der Waals surface area contributed by atoms with E-state index in [0.717, 1.165) is 48.1 Å². The number of nitrogens with zero attached hydrogens (tertiary/aromatic N) is 1. The van der Waals surface area contributed by atoms with Crippen LogP contribution < -0.4 is 4.74 Å². The normalized spacial score (nSPS) is 16.8. The summed E-state index contributed by atoms with van der Waals surface area (Å²) < 4.78 is 5.48. The summed E-state index contributed by atoms with van der Waals surface area (Å²) in [5, 5.41) is 19.3. The van der Waals surface area contributed by atoms with Crippen molar-refractivity contribution in [2.24, 2.45) is 0 Å². The lowest BCUT2D eigenvalue weighted by Gasteiger charge is -2.22. The number of carboxylic acids is 1. The number of hydrogen-bond acceptors (Lipinski definition) is 4. The van der Waals surface area contributed by atoms with Gasteiger partial charge >= 0.3 is 5.97 Å². The highest BCUT2D eigenvalue weighted by Crippen LogP contribution is 2.30. The number of rotatable bonds is 13. The fourth-order valence-corrected chi connectivity index (χ4v) is 4.47. The number of hydrogen-bond donors (Lipinski definition) is 2. The number of methoxy groups -OCH3 is 1. The molecule has 6 heteroatoms. The number of unbranched alkanes of at least 4 members (excludes halogenated alkanes) is 3. The third-order valence-electron chi connectivity index (χ3n) is 6.26. The number of likely N-dealkylation sites (tertiary alicyclic amines) is 1. The minimum absolute atomic E-state index is 0.0149. The number of amides is 1. The molecule has 2 aromatic rings. The molecule has 1 amide bonds. The average Bonchev–Trinajstić information content (AvgIpc) is 3.19. The number of carbonyl (C=O) groups is 2. The summed E-state index contributed by atoms with van der Waals surface area (Å²) in [5.41, 5.74) is 3.09. The molecule has 6 nitrogen and oxygen atoms in total. The van der Waals surface area contributed by atoms with E-state index in [0.29, 0.717) is 25.8 Å². The van der Waals surface area contributed by atoms with Crippen LogP contribution >= 0.6 is 0 Å². The lowest BCUT2D eigenvalue weighted by molar-refractivity contribution is -0.137. The SMILES string of the molecule is COc1ccccc1-c1cccc(C[C@H](O)C=C[C@H]2CCC(=O)N2CCCCCCC(=O)O)c1. The van der Waals surface area contributed by atoms with Crippen LogP contribution in [0.15, 0.2) is 60.7 Å². The highest BCUT2D eigenvalue weighted by molar-refractivity contribution is 5.79. The molecule has 0 aliphatic carbocycles. The van der Waals surface area contributed by atoms with Gasteiger partial charge in [0.15, 0.2) is 0 Å². The zero-order valence-electron chi connectivity index (χ0n) is 19.9. The fraction of sp³-hybridized carbons (Fsp3) is 0.429. The van der Waals surface area contributed by atoms with Crippen LogP contribution in [0, 0.1) is 0 Å². The molecule has 0 unspecified atom stereocenters. The summed E-state index contributed by atoms with van der Waals surface area (Å²) in [7, 11) is 1.66. The van der Waals surface area contributed by atoms with Crippen LogP contribution in [0.25, 0.3) is 11.1 Å². The van der Waals surface area contributed by atoms with Gasteiger partial charge in [-0.3, -0.25) is 9.59 Å². The number of ether oxygens (including phenoxy) is 1. The van der Waals surface area contributed by atoms with Gasteiger partial charge in [0.2, 0.25) is 5.91 Å². The Labute approximate surface area is 201 Å². The number of aliphatic carboxylic acids is 1. The van der Waals surface area contributed by atoms with Crippen molar-refractivity contribution in [3.63, 3.8) is 0 Å². The topological polar surface area (TPSA) is 87.1 Å². The Balaban J connectivity index is 1.53. The molecule has 1 aliphatic rings. The highest BCUT2D eigenvalue weighted by Gasteiger charge is 2.28. The molecule has 2 atom stereocenters. The van der Waals surface area contributed by atoms with Gasteiger partial charge in [0.25, 0.3) is 0 Å². The molecule has 0 aromatic heterocycles. The number of carboxylic acid groups (broad SMARTS) is 1. The fourth-order valence-electron chi connectivity index (χ4n) is 4.47. The third kappa shape index (κ3) is 7.45. The van der Waals surface area contributed by atoms with Gasteiger partial charge in [-0.05, 0) is 36.5 Å². The standard InChI is InChI=1S/C28H35NO5/c1-34-26-12-6-5-11-25(26)22-10-8-9-21(19-22)20-24(30)16-14-23-15-17-27(31)29(23)18-7-3-2-4-13-28(32)33/h5-6,8-12,14,16,19,23-24,30H,2-4,7,13,15,17-18,20H2,1H3,(H,32,33)/t23-,24+/m0/s1. The Morgan fingerprint density at radius 2 is 1.94 bits per heavy atom. The van der Waals surface area contributed by atoms with Crippen molar-refractivity contribution in [2.45, 2.75) is 63.5 Å². The van der Waals surface area contributed by atoms with Crippen LogP contribution in [-0.2, 0) is 16.0 Å². The summed E-state index contributed by atoms with van der Waals surface area (Å²) in [6.45, 7) is 0.679. The predicted octanol–water partition coefficient (Wildman–Crippen LogP) is 4.85. The smallest absolute Gasteiger partial charge is 0.303 e. The number of carbonyl (C=O) groups excluding carboxylic acids is 1. The first kappa shape index (κ1) is 25.5. The van der Waals surface area contributed by atoms with E-state index in [1.165, 1.54) is 0 Å². The van der Waals surface area contributed by atoms with Crippen molar-refractivity contribution in [3.05, 3.63) is 66.2 Å². The summed E-state index contributed by atoms with van der Waals surface area (Å²) in [6.07, 6.45) is 8.45. The second kappa shape index (κ2) is 12.9. The van der Waals surface area contributed by atoms with E-state index >= 15 is 0 Å². The molecular formula is C28H35NO5. The minimum atomic E-state index is -0.759. The van der Waals surface area contributed by atoms with Gasteiger partial charge in [-0.15, -0.1) is 0 Å². The molecule has 1 heterocycles. The van der Waals surface area contributed by atoms with E-state index in [-0.39, 0.29) is 18.4 Å². The molecule has 2 aromatic carbocycles. The van der Waals surface area contributed by atoms with Crippen LogP contribution in [0.3, 0.4) is 0 Å². The van der Waals surface area contributed by atoms with E-state index in [4.69, 9.17) is 9.84 Å². The van der Waals surface area contributed by atoms with E-state index < -0.39 is 12.1 Å². The zero-order chi connectivity index (χ0) is 24.3. The van der Waals surface area contributed by atoms with Crippen LogP contribution in [0.2, 0.25) is 0 Å². The molecular weight excluding hydrogens is 430 g/mol. The quantitative estimate of drug-likeness (QED) is 0.326. The monoisotopic (exact) mass is 465 g/mol. The third-order valence-corrected chi connectivity index (χ3v) is 6.26. The first-order valence-corrected chi connectivity index (χ1v) is 12.1. The predicted molar refractivity (Wildman–Crippen MR) is 133 cm³/mol. The van der Waals surface area contributed by atoms with Crippen molar-refractivity contribution >= 4 is 11.9 Å². The van der Waals surface area contributed by atoms with E-state index in [1.807, 2.05) is 53.4 Å². The zero-order valence-corrected chi connectivity index (χ0v) is 19.9. The van der Waals surface area contributed by atoms with Gasteiger partial charge in [0.1, 0.15) is 5.75 Å². The van der Waals surface area contributed by atoms with Gasteiger partial charge in [-0.25, -0.2) is 0 Å². The Hall–Kier alpha value is -3.12. The molecule has 1 fully saturated rings. The van der Waals surface area contributed by atoms with Crippen molar-refractivity contribution in [1.29, 1.82) is 0 Å². The number of benzene rings is 2. The summed E-state index contributed by atoms with van der Waals surface area (Å²) in [6, 6.07) is 16.0. The molecule has 182 valence electrons. The van der Waals surface area contributed by atoms with E-state index in [9.17, 15) is 14.7 Å². The molecule has 0 saturated carbocycles. The lowest BCUT2D eigenvalue weighted by atomic mass is 9.99. The van der Waals surface area contributed by atoms with Crippen LogP contribution in [0.5, 0.6) is 5.75 Å². The van der Waals surface area contributed by atoms with Crippen molar-refractivity contribution in [3.8, 4) is 16.9 Å². The average molecular weight is 466 g/mol.